The molecule has 0 saturated carbocycles. The number of ketones is 1. The van der Waals surface area contributed by atoms with Crippen LogP contribution in [0.25, 0.3) is 0 Å². The molecule has 19 heavy (non-hydrogen) atoms. The second-order valence-corrected chi connectivity index (χ2v) is 4.65. The number of Topliss-reactive ketones (excluding diaryl/α,β-unsaturated/α-hetero) is 1. The van der Waals surface area contributed by atoms with Crippen LogP contribution < -0.4 is 11.1 Å². The van der Waals surface area contributed by atoms with Gasteiger partial charge in [0.2, 0.25) is 11.8 Å². The molecule has 1 heterocycles. The van der Waals surface area contributed by atoms with Crippen LogP contribution in [0, 0.1) is 5.92 Å². The number of carbonyl (C=O) groups is 3. The summed E-state index contributed by atoms with van der Waals surface area (Å²) < 4.78 is 5.08. The predicted molar refractivity (Wildman–Crippen MR) is 69.1 cm³/mol. The minimum absolute atomic E-state index is 0.00692. The maximum absolute atomic E-state index is 11.7. The first-order chi connectivity index (χ1) is 9.00. The standard InChI is InChI=1S/C13H20N2O4/c1-9(13(14)18)5-6-12(17)15-10-4-2-3-7-19-8-11(10)16/h2-3,9-10H,4-8H2,1H3,(H2,14,18)(H,15,17)/b3-2-/t9-,10-/m0/s1. The van der Waals surface area contributed by atoms with Gasteiger partial charge in [-0.2, -0.15) is 0 Å². The quantitative estimate of drug-likeness (QED) is 0.681. The Hall–Kier alpha value is -1.69. The van der Waals surface area contributed by atoms with E-state index >= 15 is 0 Å². The van der Waals surface area contributed by atoms with Crippen LogP contribution in [0.5, 0.6) is 0 Å². The van der Waals surface area contributed by atoms with Crippen molar-refractivity contribution >= 4 is 17.6 Å². The monoisotopic (exact) mass is 268 g/mol. The van der Waals surface area contributed by atoms with Crippen LogP contribution in [0.15, 0.2) is 12.2 Å². The molecule has 0 saturated heterocycles. The first-order valence-electron chi connectivity index (χ1n) is 6.35. The van der Waals surface area contributed by atoms with Crippen LogP contribution in [0.4, 0.5) is 0 Å². The lowest BCUT2D eigenvalue weighted by Gasteiger charge is -2.18. The summed E-state index contributed by atoms with van der Waals surface area (Å²) in [5.41, 5.74) is 5.12. The number of nitrogens with two attached hydrogens (primary N) is 1. The highest BCUT2D eigenvalue weighted by Crippen LogP contribution is 2.06. The molecule has 6 nitrogen and oxygen atoms in total. The summed E-state index contributed by atoms with van der Waals surface area (Å²) in [5.74, 6) is -1.16. The van der Waals surface area contributed by atoms with Crippen molar-refractivity contribution in [3.63, 3.8) is 0 Å². The van der Waals surface area contributed by atoms with E-state index < -0.39 is 11.9 Å². The summed E-state index contributed by atoms with van der Waals surface area (Å²) in [6.45, 7) is 2.10. The molecule has 2 amide bonds. The maximum atomic E-state index is 11.7. The molecule has 0 radical (unpaired) electrons. The molecule has 1 rings (SSSR count). The Bertz CT molecular complexity index is 379. The van der Waals surface area contributed by atoms with Gasteiger partial charge >= 0.3 is 0 Å². The van der Waals surface area contributed by atoms with Gasteiger partial charge < -0.3 is 15.8 Å². The Morgan fingerprint density at radius 3 is 2.95 bits per heavy atom. The molecule has 1 aliphatic heterocycles. The van der Waals surface area contributed by atoms with Crippen LogP contribution in [-0.4, -0.2) is 36.9 Å². The highest BCUT2D eigenvalue weighted by Gasteiger charge is 2.21. The second-order valence-electron chi connectivity index (χ2n) is 4.65. The highest BCUT2D eigenvalue weighted by molar-refractivity contribution is 5.90. The van der Waals surface area contributed by atoms with E-state index in [1.54, 1.807) is 6.92 Å². The van der Waals surface area contributed by atoms with E-state index in [1.807, 2.05) is 12.2 Å². The molecule has 0 aliphatic carbocycles. The van der Waals surface area contributed by atoms with Crippen molar-refractivity contribution in [1.29, 1.82) is 0 Å². The van der Waals surface area contributed by atoms with Gasteiger partial charge in [-0.15, -0.1) is 0 Å². The third-order valence-corrected chi connectivity index (χ3v) is 3.01. The van der Waals surface area contributed by atoms with Crippen molar-refractivity contribution in [2.75, 3.05) is 13.2 Å². The Labute approximate surface area is 112 Å². The SMILES string of the molecule is C[C@@H](CCC(=O)N[C@H]1C/C=C\COCC1=O)C(N)=O. The molecule has 106 valence electrons. The third kappa shape index (κ3) is 5.65. The zero-order valence-electron chi connectivity index (χ0n) is 11.1. The van der Waals surface area contributed by atoms with Gasteiger partial charge in [-0.05, 0) is 12.8 Å². The van der Waals surface area contributed by atoms with E-state index in [-0.39, 0.29) is 30.6 Å². The van der Waals surface area contributed by atoms with E-state index in [1.165, 1.54) is 0 Å². The topological polar surface area (TPSA) is 98.5 Å². The fourth-order valence-corrected chi connectivity index (χ4v) is 1.66. The molecule has 6 heteroatoms. The van der Waals surface area contributed by atoms with Crippen molar-refractivity contribution in [1.82, 2.24) is 5.32 Å². The smallest absolute Gasteiger partial charge is 0.220 e. The molecule has 0 bridgehead atoms. The number of primary amides is 1. The molecule has 0 unspecified atom stereocenters. The van der Waals surface area contributed by atoms with Crippen molar-refractivity contribution in [2.24, 2.45) is 11.7 Å². The third-order valence-electron chi connectivity index (χ3n) is 3.01. The number of hydrogen-bond acceptors (Lipinski definition) is 4. The molecular formula is C13H20N2O4. The summed E-state index contributed by atoms with van der Waals surface area (Å²) in [7, 11) is 0. The van der Waals surface area contributed by atoms with Crippen LogP contribution in [0.1, 0.15) is 26.2 Å². The Kier molecular flexibility index (Phi) is 6.21. The van der Waals surface area contributed by atoms with Crippen LogP contribution in [0.3, 0.4) is 0 Å². The van der Waals surface area contributed by atoms with Crippen LogP contribution >= 0.6 is 0 Å². The number of ether oxygens (including phenoxy) is 1. The van der Waals surface area contributed by atoms with Crippen LogP contribution in [-0.2, 0) is 19.1 Å². The number of amides is 2. The van der Waals surface area contributed by atoms with E-state index in [2.05, 4.69) is 5.32 Å². The zero-order valence-corrected chi connectivity index (χ0v) is 11.1. The van der Waals surface area contributed by atoms with Gasteiger partial charge in [0.1, 0.15) is 6.61 Å². The van der Waals surface area contributed by atoms with Gasteiger partial charge in [0.15, 0.2) is 5.78 Å². The number of nitrogens with one attached hydrogen (secondary N) is 1. The average Bonchev–Trinajstić information content (AvgIpc) is 2.35. The molecule has 0 spiro atoms. The molecule has 0 aromatic carbocycles. The molecule has 2 atom stereocenters. The number of hydrogen-bond donors (Lipinski definition) is 2. The minimum Gasteiger partial charge on any atom is -0.370 e. The largest absolute Gasteiger partial charge is 0.370 e. The van der Waals surface area contributed by atoms with E-state index in [4.69, 9.17) is 10.5 Å². The van der Waals surface area contributed by atoms with Gasteiger partial charge in [0.25, 0.3) is 0 Å². The first kappa shape index (κ1) is 15.4. The van der Waals surface area contributed by atoms with E-state index in [0.717, 1.165) is 0 Å². The van der Waals surface area contributed by atoms with Gasteiger partial charge in [-0.1, -0.05) is 19.1 Å². The molecule has 0 aromatic heterocycles. The molecule has 1 aliphatic rings. The lowest BCUT2D eigenvalue weighted by Crippen LogP contribution is -2.42. The van der Waals surface area contributed by atoms with Crippen molar-refractivity contribution < 1.29 is 19.1 Å². The Morgan fingerprint density at radius 2 is 2.26 bits per heavy atom. The highest BCUT2D eigenvalue weighted by atomic mass is 16.5. The number of rotatable bonds is 5. The first-order valence-corrected chi connectivity index (χ1v) is 6.35. The fraction of sp³-hybridized carbons (Fsp3) is 0.615. The molecule has 0 aromatic rings. The van der Waals surface area contributed by atoms with Crippen LogP contribution in [0.2, 0.25) is 0 Å². The summed E-state index contributed by atoms with van der Waals surface area (Å²) in [6.07, 6.45) is 4.67. The molecule has 0 fully saturated rings. The lowest BCUT2D eigenvalue weighted by atomic mass is 10.0. The maximum Gasteiger partial charge on any atom is 0.220 e. The summed E-state index contributed by atoms with van der Waals surface area (Å²) >= 11 is 0. The number of carbonyl (C=O) groups excluding carboxylic acids is 3. The van der Waals surface area contributed by atoms with Gasteiger partial charge in [-0.25, -0.2) is 0 Å². The summed E-state index contributed by atoms with van der Waals surface area (Å²) in [6, 6.07) is -0.548. The van der Waals surface area contributed by atoms with Crippen molar-refractivity contribution in [2.45, 2.75) is 32.2 Å². The second kappa shape index (κ2) is 7.68. The predicted octanol–water partition coefficient (Wildman–Crippen LogP) is -0.0816. The Balaban J connectivity index is 2.41. The zero-order chi connectivity index (χ0) is 14.3. The molecule has 3 N–H and O–H groups in total. The van der Waals surface area contributed by atoms with Gasteiger partial charge in [0.05, 0.1) is 12.6 Å². The normalized spacial score (nSPS) is 23.0. The summed E-state index contributed by atoms with van der Waals surface area (Å²) in [4.78, 5) is 34.3. The molecular weight excluding hydrogens is 248 g/mol. The van der Waals surface area contributed by atoms with Gasteiger partial charge in [0, 0.05) is 12.3 Å². The minimum atomic E-state index is -0.548. The van der Waals surface area contributed by atoms with Crippen molar-refractivity contribution in [3.8, 4) is 0 Å². The fourth-order valence-electron chi connectivity index (χ4n) is 1.66. The average molecular weight is 268 g/mol. The Morgan fingerprint density at radius 1 is 1.53 bits per heavy atom. The van der Waals surface area contributed by atoms with E-state index in [0.29, 0.717) is 19.4 Å². The van der Waals surface area contributed by atoms with Gasteiger partial charge in [-0.3, -0.25) is 14.4 Å². The summed E-state index contributed by atoms with van der Waals surface area (Å²) in [5, 5.41) is 2.66. The lowest BCUT2D eigenvalue weighted by molar-refractivity contribution is -0.130. The van der Waals surface area contributed by atoms with Crippen molar-refractivity contribution in [3.05, 3.63) is 12.2 Å². The van der Waals surface area contributed by atoms with E-state index in [9.17, 15) is 14.4 Å².